The predicted molar refractivity (Wildman–Crippen MR) is 124 cm³/mol. The molecule has 9 heteroatoms. The third kappa shape index (κ3) is 9.24. The minimum atomic E-state index is 0.0804. The van der Waals surface area contributed by atoms with Gasteiger partial charge in [0.05, 0.1) is 6.61 Å². The average molecular weight is 465 g/mol. The fourth-order valence-electron chi connectivity index (χ4n) is 4.87. The normalized spacial score (nSPS) is 19.7. The fourth-order valence-corrected chi connectivity index (χ4v) is 4.87. The van der Waals surface area contributed by atoms with Crippen LogP contribution in [0.5, 0.6) is 5.88 Å². The quantitative estimate of drug-likeness (QED) is 0.258. The van der Waals surface area contributed by atoms with Gasteiger partial charge in [-0.2, -0.15) is 4.89 Å². The van der Waals surface area contributed by atoms with Crippen LogP contribution in [0.3, 0.4) is 0 Å². The number of hydrogen-bond acceptors (Lipinski definition) is 8. The van der Waals surface area contributed by atoms with Crippen molar-refractivity contribution < 1.29 is 25.0 Å². The van der Waals surface area contributed by atoms with Gasteiger partial charge in [-0.1, -0.05) is 25.2 Å². The first-order chi connectivity index (χ1) is 16.3. The zero-order valence-electron chi connectivity index (χ0n) is 20.0. The standard InChI is InChI=1S/C20H34N4O.C4H6O4/c1-2-7-18(8-3-1)23-14-12-22(13-15-23)10-6-16-25-20-17-19-9-4-5-11-24(19)21-20;1-2-3-4-6-8-7-5/h17-18H,1-16H2;5H,4H2,1H3. The Morgan fingerprint density at radius 2 is 1.88 bits per heavy atom. The number of hydrogen-bond donors (Lipinski definition) is 1. The monoisotopic (exact) mass is 464 g/mol. The summed E-state index contributed by atoms with van der Waals surface area (Å²) in [5, 5.41) is 18.7. The topological polar surface area (TPSA) is 81.5 Å². The van der Waals surface area contributed by atoms with E-state index < -0.39 is 0 Å². The van der Waals surface area contributed by atoms with E-state index in [1.165, 1.54) is 76.8 Å². The molecule has 1 saturated carbocycles. The number of fused-ring (bicyclic) bond motifs is 1. The number of aromatic nitrogens is 2. The molecule has 0 radical (unpaired) electrons. The Balaban J connectivity index is 0.000000331. The van der Waals surface area contributed by atoms with Crippen LogP contribution in [0.25, 0.3) is 0 Å². The van der Waals surface area contributed by atoms with Crippen LogP contribution < -0.4 is 4.74 Å². The van der Waals surface area contributed by atoms with Crippen LogP contribution in [0.2, 0.25) is 0 Å². The molecule has 0 aromatic carbocycles. The SMILES string of the molecule is CC#CCOOOO.c1c(OCCCN2CCN(C3CCCCC3)CC2)nn2c1CCCC2. The highest BCUT2D eigenvalue weighted by Crippen LogP contribution is 2.23. The second-order valence-corrected chi connectivity index (χ2v) is 8.86. The first-order valence-corrected chi connectivity index (χ1v) is 12.5. The van der Waals surface area contributed by atoms with Gasteiger partial charge in [-0.05, 0) is 55.5 Å². The summed E-state index contributed by atoms with van der Waals surface area (Å²) < 4.78 is 8.03. The first kappa shape index (κ1) is 25.9. The van der Waals surface area contributed by atoms with E-state index in [-0.39, 0.29) is 6.61 Å². The molecule has 1 N–H and O–H groups in total. The summed E-state index contributed by atoms with van der Waals surface area (Å²) in [7, 11) is 0. The van der Waals surface area contributed by atoms with Crippen molar-refractivity contribution in [2.24, 2.45) is 0 Å². The highest BCUT2D eigenvalue weighted by molar-refractivity contribution is 5.16. The van der Waals surface area contributed by atoms with Crippen molar-refractivity contribution >= 4 is 0 Å². The molecule has 0 bridgehead atoms. The molecule has 1 aromatic heterocycles. The van der Waals surface area contributed by atoms with Crippen molar-refractivity contribution in [1.82, 2.24) is 19.6 Å². The van der Waals surface area contributed by atoms with Gasteiger partial charge in [0.2, 0.25) is 5.88 Å². The third-order valence-corrected chi connectivity index (χ3v) is 6.65. The van der Waals surface area contributed by atoms with Gasteiger partial charge in [-0.25, -0.2) is 5.26 Å². The highest BCUT2D eigenvalue weighted by Gasteiger charge is 2.24. The van der Waals surface area contributed by atoms with Gasteiger partial charge in [0.15, 0.2) is 0 Å². The van der Waals surface area contributed by atoms with Crippen molar-refractivity contribution in [2.75, 3.05) is 45.9 Å². The Labute approximate surface area is 197 Å². The molecule has 1 aliphatic carbocycles. The van der Waals surface area contributed by atoms with E-state index in [4.69, 9.17) is 9.99 Å². The van der Waals surface area contributed by atoms with E-state index in [1.54, 1.807) is 6.92 Å². The summed E-state index contributed by atoms with van der Waals surface area (Å²) >= 11 is 0. The van der Waals surface area contributed by atoms with Gasteiger partial charge in [0.25, 0.3) is 0 Å². The van der Waals surface area contributed by atoms with E-state index in [0.29, 0.717) is 0 Å². The Morgan fingerprint density at radius 3 is 2.61 bits per heavy atom. The second kappa shape index (κ2) is 15.3. The number of aryl methyl sites for hydroxylation is 2. The molecule has 4 rings (SSSR count). The molecular formula is C24H40N4O5. The summed E-state index contributed by atoms with van der Waals surface area (Å²) in [6.45, 7) is 9.73. The van der Waals surface area contributed by atoms with E-state index in [1.807, 2.05) is 0 Å². The fraction of sp³-hybridized carbons (Fsp3) is 0.792. The van der Waals surface area contributed by atoms with Crippen molar-refractivity contribution in [3.63, 3.8) is 0 Å². The Kier molecular flexibility index (Phi) is 12.0. The summed E-state index contributed by atoms with van der Waals surface area (Å²) in [6, 6.07) is 3.02. The van der Waals surface area contributed by atoms with Gasteiger partial charge in [-0.15, -0.1) is 11.0 Å². The molecular weight excluding hydrogens is 424 g/mol. The number of rotatable bonds is 9. The van der Waals surface area contributed by atoms with E-state index in [2.05, 4.69) is 52.5 Å². The lowest BCUT2D eigenvalue weighted by Crippen LogP contribution is -2.50. The minimum absolute atomic E-state index is 0.0804. The lowest BCUT2D eigenvalue weighted by molar-refractivity contribution is -0.620. The molecule has 186 valence electrons. The predicted octanol–water partition coefficient (Wildman–Crippen LogP) is 3.30. The van der Waals surface area contributed by atoms with Crippen LogP contribution in [-0.2, 0) is 27.9 Å². The largest absolute Gasteiger partial charge is 0.477 e. The number of piperazine rings is 1. The van der Waals surface area contributed by atoms with Crippen LogP contribution >= 0.6 is 0 Å². The maximum Gasteiger partial charge on any atom is 0.233 e. The lowest BCUT2D eigenvalue weighted by Gasteiger charge is -2.40. The molecule has 2 fully saturated rings. The Morgan fingerprint density at radius 1 is 1.06 bits per heavy atom. The van der Waals surface area contributed by atoms with Gasteiger partial charge in [0.1, 0.15) is 6.61 Å². The molecule has 0 unspecified atom stereocenters. The van der Waals surface area contributed by atoms with Crippen LogP contribution in [0.1, 0.15) is 64.0 Å². The van der Waals surface area contributed by atoms with Crippen molar-refractivity contribution in [1.29, 1.82) is 0 Å². The molecule has 3 aliphatic rings. The summed E-state index contributed by atoms with van der Waals surface area (Å²) in [4.78, 5) is 9.44. The summed E-state index contributed by atoms with van der Waals surface area (Å²) in [6.07, 6.45) is 12.0. The van der Waals surface area contributed by atoms with Crippen LogP contribution in [-0.4, -0.2) is 76.8 Å². The zero-order valence-corrected chi connectivity index (χ0v) is 20.0. The molecule has 9 nitrogen and oxygen atoms in total. The lowest BCUT2D eigenvalue weighted by atomic mass is 9.94. The maximum absolute atomic E-state index is 7.47. The molecule has 0 amide bonds. The smallest absolute Gasteiger partial charge is 0.233 e. The molecule has 0 spiro atoms. The molecule has 3 heterocycles. The van der Waals surface area contributed by atoms with Gasteiger partial charge in [0, 0.05) is 57.1 Å². The Hall–Kier alpha value is -1.67. The molecule has 1 aromatic rings. The zero-order chi connectivity index (χ0) is 23.1. The minimum Gasteiger partial charge on any atom is -0.477 e. The molecule has 1 saturated heterocycles. The maximum atomic E-state index is 7.47. The van der Waals surface area contributed by atoms with Crippen molar-refractivity contribution in [3.05, 3.63) is 11.8 Å². The third-order valence-electron chi connectivity index (χ3n) is 6.65. The van der Waals surface area contributed by atoms with Crippen molar-refractivity contribution in [3.8, 4) is 17.7 Å². The van der Waals surface area contributed by atoms with Gasteiger partial charge < -0.3 is 9.64 Å². The average Bonchev–Trinajstić information content (AvgIpc) is 3.29. The molecule has 0 atom stereocenters. The first-order valence-electron chi connectivity index (χ1n) is 12.5. The van der Waals surface area contributed by atoms with Gasteiger partial charge in [-0.3, -0.25) is 9.58 Å². The Bertz CT molecular complexity index is 695. The van der Waals surface area contributed by atoms with E-state index in [0.717, 1.165) is 44.5 Å². The van der Waals surface area contributed by atoms with Crippen LogP contribution in [0.4, 0.5) is 0 Å². The highest BCUT2D eigenvalue weighted by atomic mass is 17.6. The van der Waals surface area contributed by atoms with E-state index in [9.17, 15) is 0 Å². The van der Waals surface area contributed by atoms with Crippen LogP contribution in [0, 0.1) is 11.8 Å². The summed E-state index contributed by atoms with van der Waals surface area (Å²) in [5.74, 6) is 5.86. The number of ether oxygens (including phenoxy) is 1. The van der Waals surface area contributed by atoms with Gasteiger partial charge >= 0.3 is 0 Å². The molecule has 33 heavy (non-hydrogen) atoms. The molecule has 2 aliphatic heterocycles. The summed E-state index contributed by atoms with van der Waals surface area (Å²) in [5.41, 5.74) is 1.35. The van der Waals surface area contributed by atoms with E-state index >= 15 is 0 Å². The number of nitrogens with zero attached hydrogens (tertiary/aromatic N) is 4. The second-order valence-electron chi connectivity index (χ2n) is 8.86. The van der Waals surface area contributed by atoms with Crippen molar-refractivity contribution in [2.45, 2.75) is 77.3 Å². The van der Waals surface area contributed by atoms with Crippen LogP contribution in [0.15, 0.2) is 6.07 Å².